The molecule has 0 aromatic heterocycles. The first-order valence-electron chi connectivity index (χ1n) is 8.45. The van der Waals surface area contributed by atoms with Crippen molar-refractivity contribution >= 4 is 0 Å². The van der Waals surface area contributed by atoms with Crippen molar-refractivity contribution in [2.24, 2.45) is 0 Å². The van der Waals surface area contributed by atoms with Gasteiger partial charge in [-0.2, -0.15) is 0 Å². The van der Waals surface area contributed by atoms with E-state index in [1.54, 1.807) is 0 Å². The van der Waals surface area contributed by atoms with Gasteiger partial charge in [0.25, 0.3) is 0 Å². The van der Waals surface area contributed by atoms with Crippen LogP contribution in [-0.4, -0.2) is 36.2 Å². The van der Waals surface area contributed by atoms with Crippen molar-refractivity contribution in [3.63, 3.8) is 0 Å². The van der Waals surface area contributed by atoms with Gasteiger partial charge in [0.1, 0.15) is 0 Å². The summed E-state index contributed by atoms with van der Waals surface area (Å²) in [5.74, 6) is 0.105. The van der Waals surface area contributed by atoms with Crippen molar-refractivity contribution in [3.05, 3.63) is 71.8 Å². The van der Waals surface area contributed by atoms with E-state index in [9.17, 15) is 5.11 Å². The SMILES string of the molecule is CN(C)CCC[C@](C)(O)[C@@H](Cc1ccccc1)c1ccccc1. The minimum atomic E-state index is -0.715. The highest BCUT2D eigenvalue weighted by molar-refractivity contribution is 5.27. The molecule has 0 aliphatic carbocycles. The van der Waals surface area contributed by atoms with Crippen LogP contribution < -0.4 is 0 Å². The molecule has 0 heterocycles. The Morgan fingerprint density at radius 2 is 1.52 bits per heavy atom. The van der Waals surface area contributed by atoms with Gasteiger partial charge in [0.2, 0.25) is 0 Å². The summed E-state index contributed by atoms with van der Waals surface area (Å²) in [6.07, 6.45) is 2.66. The first kappa shape index (κ1) is 17.7. The number of aliphatic hydroxyl groups is 1. The predicted molar refractivity (Wildman–Crippen MR) is 97.7 cm³/mol. The molecular formula is C21H29NO. The summed E-state index contributed by atoms with van der Waals surface area (Å²) in [6.45, 7) is 2.99. The lowest BCUT2D eigenvalue weighted by Crippen LogP contribution is -2.35. The molecule has 2 atom stereocenters. The topological polar surface area (TPSA) is 23.5 Å². The highest BCUT2D eigenvalue weighted by Crippen LogP contribution is 2.35. The fourth-order valence-corrected chi connectivity index (χ4v) is 3.16. The highest BCUT2D eigenvalue weighted by atomic mass is 16.3. The van der Waals surface area contributed by atoms with Crippen LogP contribution in [0.15, 0.2) is 60.7 Å². The van der Waals surface area contributed by atoms with Gasteiger partial charge < -0.3 is 10.0 Å². The van der Waals surface area contributed by atoms with E-state index in [0.29, 0.717) is 0 Å². The van der Waals surface area contributed by atoms with Crippen LogP contribution in [0.25, 0.3) is 0 Å². The van der Waals surface area contributed by atoms with Crippen molar-refractivity contribution in [3.8, 4) is 0 Å². The third-order valence-electron chi connectivity index (χ3n) is 4.52. The Morgan fingerprint density at radius 1 is 0.957 bits per heavy atom. The summed E-state index contributed by atoms with van der Waals surface area (Å²) in [5, 5.41) is 11.2. The molecule has 2 rings (SSSR count). The first-order valence-corrected chi connectivity index (χ1v) is 8.45. The summed E-state index contributed by atoms with van der Waals surface area (Å²) in [6, 6.07) is 20.9. The van der Waals surface area contributed by atoms with Crippen LogP contribution >= 0.6 is 0 Å². The Balaban J connectivity index is 2.18. The van der Waals surface area contributed by atoms with Crippen molar-refractivity contribution < 1.29 is 5.11 Å². The summed E-state index contributed by atoms with van der Waals surface area (Å²) in [7, 11) is 4.15. The Morgan fingerprint density at radius 3 is 2.09 bits per heavy atom. The zero-order valence-corrected chi connectivity index (χ0v) is 14.6. The lowest BCUT2D eigenvalue weighted by atomic mass is 9.77. The van der Waals surface area contributed by atoms with Crippen molar-refractivity contribution in [1.82, 2.24) is 4.90 Å². The molecule has 0 saturated carbocycles. The average molecular weight is 311 g/mol. The largest absolute Gasteiger partial charge is 0.390 e. The maximum absolute atomic E-state index is 11.2. The van der Waals surface area contributed by atoms with Gasteiger partial charge in [0.15, 0.2) is 0 Å². The van der Waals surface area contributed by atoms with Crippen LogP contribution in [0.5, 0.6) is 0 Å². The van der Waals surface area contributed by atoms with Gasteiger partial charge in [-0.1, -0.05) is 60.7 Å². The van der Waals surface area contributed by atoms with Gasteiger partial charge >= 0.3 is 0 Å². The molecule has 2 aromatic carbocycles. The molecule has 0 fully saturated rings. The molecule has 124 valence electrons. The Bertz CT molecular complexity index is 563. The van der Waals surface area contributed by atoms with Crippen LogP contribution in [0, 0.1) is 0 Å². The molecule has 0 bridgehead atoms. The number of nitrogens with zero attached hydrogens (tertiary/aromatic N) is 1. The van der Waals surface area contributed by atoms with Crippen molar-refractivity contribution in [2.75, 3.05) is 20.6 Å². The molecule has 0 radical (unpaired) electrons. The Kier molecular flexibility index (Phi) is 6.37. The molecule has 0 unspecified atom stereocenters. The van der Waals surface area contributed by atoms with E-state index in [4.69, 9.17) is 0 Å². The van der Waals surface area contributed by atoms with E-state index in [2.05, 4.69) is 67.5 Å². The van der Waals surface area contributed by atoms with E-state index in [1.165, 1.54) is 11.1 Å². The maximum Gasteiger partial charge on any atom is 0.0691 e. The molecule has 23 heavy (non-hydrogen) atoms. The van der Waals surface area contributed by atoms with Crippen LogP contribution in [0.4, 0.5) is 0 Å². The van der Waals surface area contributed by atoms with Gasteiger partial charge in [-0.15, -0.1) is 0 Å². The molecule has 0 aliphatic heterocycles. The third-order valence-corrected chi connectivity index (χ3v) is 4.52. The van der Waals surface area contributed by atoms with Crippen LogP contribution in [0.2, 0.25) is 0 Å². The average Bonchev–Trinajstić information content (AvgIpc) is 2.54. The van der Waals surface area contributed by atoms with Crippen LogP contribution in [0.3, 0.4) is 0 Å². The predicted octanol–water partition coefficient (Wildman–Crippen LogP) is 4.11. The molecule has 2 heteroatoms. The highest BCUT2D eigenvalue weighted by Gasteiger charge is 2.32. The van der Waals surface area contributed by atoms with Crippen LogP contribution in [0.1, 0.15) is 36.8 Å². The fraction of sp³-hybridized carbons (Fsp3) is 0.429. The maximum atomic E-state index is 11.2. The van der Waals surface area contributed by atoms with Gasteiger partial charge in [0, 0.05) is 5.92 Å². The first-order chi connectivity index (χ1) is 11.0. The minimum absolute atomic E-state index is 0.105. The fourth-order valence-electron chi connectivity index (χ4n) is 3.16. The standard InChI is InChI=1S/C21H29NO/c1-21(23,15-10-16-22(2)3)20(19-13-8-5-9-14-19)17-18-11-6-4-7-12-18/h4-9,11-14,20,23H,10,15-17H2,1-3H3/t20-,21-/m0/s1. The molecule has 2 nitrogen and oxygen atoms in total. The molecule has 0 aliphatic rings. The zero-order chi connectivity index (χ0) is 16.7. The summed E-state index contributed by atoms with van der Waals surface area (Å²) in [5.41, 5.74) is 1.77. The van der Waals surface area contributed by atoms with E-state index >= 15 is 0 Å². The lowest BCUT2D eigenvalue weighted by Gasteiger charge is -2.34. The van der Waals surface area contributed by atoms with Gasteiger partial charge in [-0.05, 0) is 58.0 Å². The lowest BCUT2D eigenvalue weighted by molar-refractivity contribution is 0.0184. The molecular weight excluding hydrogens is 282 g/mol. The second-order valence-electron chi connectivity index (χ2n) is 6.92. The molecule has 2 aromatic rings. The molecule has 0 saturated heterocycles. The summed E-state index contributed by atoms with van der Waals surface area (Å²) < 4.78 is 0. The van der Waals surface area contributed by atoms with Crippen molar-refractivity contribution in [2.45, 2.75) is 37.7 Å². The quantitative estimate of drug-likeness (QED) is 0.793. The van der Waals surface area contributed by atoms with E-state index in [0.717, 1.165) is 25.8 Å². The summed E-state index contributed by atoms with van der Waals surface area (Å²) >= 11 is 0. The van der Waals surface area contributed by atoms with Gasteiger partial charge in [-0.3, -0.25) is 0 Å². The normalized spacial score (nSPS) is 15.3. The molecule has 1 N–H and O–H groups in total. The second-order valence-corrected chi connectivity index (χ2v) is 6.92. The smallest absolute Gasteiger partial charge is 0.0691 e. The van der Waals surface area contributed by atoms with Crippen molar-refractivity contribution in [1.29, 1.82) is 0 Å². The number of benzene rings is 2. The van der Waals surface area contributed by atoms with Gasteiger partial charge in [-0.25, -0.2) is 0 Å². The third kappa shape index (κ3) is 5.49. The second kappa shape index (κ2) is 8.28. The van der Waals surface area contributed by atoms with E-state index in [-0.39, 0.29) is 5.92 Å². The monoisotopic (exact) mass is 311 g/mol. The van der Waals surface area contributed by atoms with Crippen LogP contribution in [-0.2, 0) is 6.42 Å². The van der Waals surface area contributed by atoms with E-state index < -0.39 is 5.60 Å². The molecule has 0 spiro atoms. The van der Waals surface area contributed by atoms with Gasteiger partial charge in [0.05, 0.1) is 5.60 Å². The zero-order valence-electron chi connectivity index (χ0n) is 14.6. The Hall–Kier alpha value is -1.64. The Labute approximate surface area is 140 Å². The number of hydrogen-bond acceptors (Lipinski definition) is 2. The summed E-state index contributed by atoms with van der Waals surface area (Å²) in [4.78, 5) is 2.17. The molecule has 0 amide bonds. The number of rotatable bonds is 8. The number of hydrogen-bond donors (Lipinski definition) is 1. The minimum Gasteiger partial charge on any atom is -0.390 e. The van der Waals surface area contributed by atoms with E-state index in [1.807, 2.05) is 19.1 Å².